The average molecular weight is 148 g/mol. The highest BCUT2D eigenvalue weighted by molar-refractivity contribution is 6.35. The van der Waals surface area contributed by atoms with E-state index in [9.17, 15) is 9.59 Å². The lowest BCUT2D eigenvalue weighted by molar-refractivity contribution is -0.134. The molecule has 0 unspecified atom stereocenters. The first-order chi connectivity index (χ1) is 3.64. The Morgan fingerprint density at radius 1 is 0.900 bits per heavy atom. The number of carbonyl (C=O) groups is 2. The van der Waals surface area contributed by atoms with Crippen molar-refractivity contribution >= 4 is 11.6 Å². The van der Waals surface area contributed by atoms with Gasteiger partial charge < -0.3 is 12.3 Å². The van der Waals surface area contributed by atoms with Crippen LogP contribution in [0.25, 0.3) is 0 Å². The van der Waals surface area contributed by atoms with Crippen molar-refractivity contribution in [3.63, 3.8) is 0 Å². The van der Waals surface area contributed by atoms with Gasteiger partial charge in [0, 0.05) is 13.8 Å². The van der Waals surface area contributed by atoms with E-state index in [0.717, 1.165) is 0 Å². The van der Waals surface area contributed by atoms with Crippen LogP contribution in [-0.4, -0.2) is 11.6 Å². The van der Waals surface area contributed by atoms with E-state index in [1.807, 2.05) is 0 Å². The molecule has 4 nitrogen and oxygen atoms in total. The molecule has 0 aromatic rings. The second kappa shape index (κ2) is 15.7. The Morgan fingerprint density at radius 3 is 1.00 bits per heavy atom. The molecule has 0 saturated heterocycles. The third-order valence-corrected chi connectivity index (χ3v) is 0.496. The van der Waals surface area contributed by atoms with Crippen LogP contribution in [0, 0.1) is 0 Å². The minimum atomic E-state index is -0.380. The van der Waals surface area contributed by atoms with Gasteiger partial charge in [-0.15, -0.1) is 13.2 Å². The van der Waals surface area contributed by atoms with Crippen LogP contribution in [0.1, 0.15) is 13.8 Å². The SMILES string of the molecule is C=C.CC(=O)C(C)=O.N.N. The zero-order valence-electron chi connectivity index (χ0n) is 6.64. The fraction of sp³-hybridized carbons (Fsp3) is 0.333. The number of rotatable bonds is 1. The molecule has 0 saturated carbocycles. The second-order valence-corrected chi connectivity index (χ2v) is 1.11. The van der Waals surface area contributed by atoms with Gasteiger partial charge in [-0.1, -0.05) is 0 Å². The van der Waals surface area contributed by atoms with E-state index < -0.39 is 0 Å². The molecule has 6 N–H and O–H groups in total. The van der Waals surface area contributed by atoms with Crippen molar-refractivity contribution < 1.29 is 9.59 Å². The summed E-state index contributed by atoms with van der Waals surface area (Å²) in [5.74, 6) is -0.759. The minimum absolute atomic E-state index is 0. The first-order valence-electron chi connectivity index (χ1n) is 2.16. The van der Waals surface area contributed by atoms with E-state index in [4.69, 9.17) is 0 Å². The Hall–Kier alpha value is -1.00. The molecule has 0 aromatic heterocycles. The summed E-state index contributed by atoms with van der Waals surface area (Å²) < 4.78 is 0. The Labute approximate surface area is 61.5 Å². The minimum Gasteiger partial charge on any atom is -0.344 e. The number of hydrogen-bond donors (Lipinski definition) is 2. The summed E-state index contributed by atoms with van der Waals surface area (Å²) in [5.41, 5.74) is 0. The van der Waals surface area contributed by atoms with Crippen LogP contribution >= 0.6 is 0 Å². The molecule has 0 fully saturated rings. The Balaban J connectivity index is -0.0000000412. The lowest BCUT2D eigenvalue weighted by Crippen LogP contribution is -2.01. The maximum Gasteiger partial charge on any atom is 0.195 e. The molecule has 10 heavy (non-hydrogen) atoms. The van der Waals surface area contributed by atoms with Gasteiger partial charge in [0.15, 0.2) is 11.6 Å². The number of hydrogen-bond acceptors (Lipinski definition) is 4. The zero-order chi connectivity index (χ0) is 7.15. The average Bonchev–Trinajstić information content (AvgIpc) is 1.72. The fourth-order valence-electron chi connectivity index (χ4n) is 0. The lowest BCUT2D eigenvalue weighted by atomic mass is 10.3. The van der Waals surface area contributed by atoms with E-state index in [-0.39, 0.29) is 23.9 Å². The molecule has 0 spiro atoms. The first kappa shape index (κ1) is 23.0. The normalized spacial score (nSPS) is 5.00. The highest BCUT2D eigenvalue weighted by Gasteiger charge is 1.94. The van der Waals surface area contributed by atoms with Crippen LogP contribution in [0.3, 0.4) is 0 Å². The molecule has 0 rings (SSSR count). The van der Waals surface area contributed by atoms with Crippen LogP contribution in [0.4, 0.5) is 0 Å². The van der Waals surface area contributed by atoms with Gasteiger partial charge in [0.1, 0.15) is 0 Å². The van der Waals surface area contributed by atoms with E-state index in [1.54, 1.807) is 0 Å². The third-order valence-electron chi connectivity index (χ3n) is 0.496. The molecule has 0 amide bonds. The predicted octanol–water partition coefficient (Wildman–Crippen LogP) is 1.29. The monoisotopic (exact) mass is 148 g/mol. The topological polar surface area (TPSA) is 104 Å². The van der Waals surface area contributed by atoms with Gasteiger partial charge in [-0.05, 0) is 0 Å². The molecule has 0 aliphatic rings. The summed E-state index contributed by atoms with van der Waals surface area (Å²) >= 11 is 0. The lowest BCUT2D eigenvalue weighted by Gasteiger charge is -1.73. The summed E-state index contributed by atoms with van der Waals surface area (Å²) in [6, 6.07) is 0. The van der Waals surface area contributed by atoms with Crippen molar-refractivity contribution in [2.75, 3.05) is 0 Å². The largest absolute Gasteiger partial charge is 0.344 e. The molecule has 0 heterocycles. The first-order valence-corrected chi connectivity index (χ1v) is 2.16. The highest BCUT2D eigenvalue weighted by atomic mass is 16.2. The molecule has 0 atom stereocenters. The van der Waals surface area contributed by atoms with Gasteiger partial charge >= 0.3 is 0 Å². The Bertz CT molecular complexity index is 89.9. The van der Waals surface area contributed by atoms with Gasteiger partial charge in [0.05, 0.1) is 0 Å². The second-order valence-electron chi connectivity index (χ2n) is 1.11. The van der Waals surface area contributed by atoms with E-state index >= 15 is 0 Å². The molecule has 0 aliphatic heterocycles. The standard InChI is InChI=1S/C4H6O2.C2H4.2H3N/c1-3(5)4(2)6;1-2;;/h1-2H3;1-2H2;2*1H3. The van der Waals surface area contributed by atoms with Crippen LogP contribution in [0.2, 0.25) is 0 Å². The van der Waals surface area contributed by atoms with Crippen LogP contribution in [0.15, 0.2) is 13.2 Å². The molecule has 4 heteroatoms. The van der Waals surface area contributed by atoms with Crippen LogP contribution in [-0.2, 0) is 9.59 Å². The molecule has 62 valence electrons. The Kier molecular flexibility index (Phi) is 36.1. The maximum atomic E-state index is 9.79. The van der Waals surface area contributed by atoms with Crippen LogP contribution < -0.4 is 12.3 Å². The summed E-state index contributed by atoms with van der Waals surface area (Å²) in [5, 5.41) is 0. The van der Waals surface area contributed by atoms with Gasteiger partial charge in [0.25, 0.3) is 0 Å². The summed E-state index contributed by atoms with van der Waals surface area (Å²) in [6.45, 7) is 8.50. The molecule has 0 aliphatic carbocycles. The molecule has 0 aromatic carbocycles. The van der Waals surface area contributed by atoms with E-state index in [2.05, 4.69) is 13.2 Å². The summed E-state index contributed by atoms with van der Waals surface area (Å²) in [6.07, 6.45) is 0. The van der Waals surface area contributed by atoms with Gasteiger partial charge in [-0.3, -0.25) is 9.59 Å². The summed E-state index contributed by atoms with van der Waals surface area (Å²) in [7, 11) is 0. The van der Waals surface area contributed by atoms with Crippen molar-refractivity contribution in [1.82, 2.24) is 12.3 Å². The Morgan fingerprint density at radius 2 is 1.00 bits per heavy atom. The quantitative estimate of drug-likeness (QED) is 0.431. The fourth-order valence-corrected chi connectivity index (χ4v) is 0. The molecular formula is C6H16N2O2. The molecule has 0 bridgehead atoms. The highest BCUT2D eigenvalue weighted by Crippen LogP contribution is 1.66. The number of carbonyl (C=O) groups excluding carboxylic acids is 2. The zero-order valence-corrected chi connectivity index (χ0v) is 6.64. The molecular weight excluding hydrogens is 132 g/mol. The van der Waals surface area contributed by atoms with Crippen LogP contribution in [0.5, 0.6) is 0 Å². The molecule has 0 radical (unpaired) electrons. The van der Waals surface area contributed by atoms with E-state index in [0.29, 0.717) is 0 Å². The van der Waals surface area contributed by atoms with Gasteiger partial charge in [-0.25, -0.2) is 0 Å². The summed E-state index contributed by atoms with van der Waals surface area (Å²) in [4.78, 5) is 19.6. The maximum absolute atomic E-state index is 9.79. The van der Waals surface area contributed by atoms with Gasteiger partial charge in [-0.2, -0.15) is 0 Å². The van der Waals surface area contributed by atoms with Crippen molar-refractivity contribution in [2.24, 2.45) is 0 Å². The number of Topliss-reactive ketones (excluding diaryl/α,β-unsaturated/α-hetero) is 2. The predicted molar refractivity (Wildman–Crippen MR) is 42.7 cm³/mol. The van der Waals surface area contributed by atoms with E-state index in [1.165, 1.54) is 13.8 Å². The van der Waals surface area contributed by atoms with Crippen molar-refractivity contribution in [3.8, 4) is 0 Å². The number of ketones is 2. The smallest absolute Gasteiger partial charge is 0.195 e. The van der Waals surface area contributed by atoms with Crippen molar-refractivity contribution in [1.29, 1.82) is 0 Å². The third kappa shape index (κ3) is 28.0. The van der Waals surface area contributed by atoms with Crippen molar-refractivity contribution in [2.45, 2.75) is 13.8 Å². The van der Waals surface area contributed by atoms with Gasteiger partial charge in [0.2, 0.25) is 0 Å². The van der Waals surface area contributed by atoms with Crippen molar-refractivity contribution in [3.05, 3.63) is 13.2 Å².